The van der Waals surface area contributed by atoms with E-state index < -0.39 is 5.91 Å². The highest BCUT2D eigenvalue weighted by atomic mass is 127. The largest absolute Gasteiger partial charge is 0.489 e. The number of benzene rings is 3. The molecular weight excluding hydrogens is 463 g/mol. The molecule has 3 rings (SSSR count). The summed E-state index contributed by atoms with van der Waals surface area (Å²) in [7, 11) is 0. The van der Waals surface area contributed by atoms with E-state index in [1.165, 1.54) is 0 Å². The van der Waals surface area contributed by atoms with Gasteiger partial charge in [-0.3, -0.25) is 4.79 Å². The van der Waals surface area contributed by atoms with Crippen LogP contribution in [-0.2, 0) is 11.4 Å². The van der Waals surface area contributed by atoms with Crippen molar-refractivity contribution in [3.8, 4) is 11.8 Å². The Kier molecular flexibility index (Phi) is 6.82. The molecule has 0 saturated heterocycles. The molecule has 0 atom stereocenters. The van der Waals surface area contributed by atoms with Crippen molar-refractivity contribution in [2.24, 2.45) is 0 Å². The van der Waals surface area contributed by atoms with E-state index in [1.807, 2.05) is 78.9 Å². The Bertz CT molecular complexity index is 1020. The van der Waals surface area contributed by atoms with Crippen LogP contribution in [0.4, 0.5) is 5.69 Å². The van der Waals surface area contributed by atoms with Gasteiger partial charge in [-0.15, -0.1) is 0 Å². The van der Waals surface area contributed by atoms with Gasteiger partial charge >= 0.3 is 0 Å². The molecule has 4 nitrogen and oxygen atoms in total. The SMILES string of the molecule is N#CC(=Cc1ccc(OCc2ccccc2)cc1)C(=O)Nc1ccccc1I. The number of amides is 1. The fraction of sp³-hybridized carbons (Fsp3) is 0.0435. The number of nitrogens with zero attached hydrogens (tertiary/aromatic N) is 1. The molecule has 138 valence electrons. The second-order valence-corrected chi connectivity index (χ2v) is 7.11. The predicted octanol–water partition coefficient (Wildman–Crippen LogP) is 5.42. The van der Waals surface area contributed by atoms with Crippen molar-refractivity contribution in [3.63, 3.8) is 0 Å². The summed E-state index contributed by atoms with van der Waals surface area (Å²) in [6.45, 7) is 0.484. The van der Waals surface area contributed by atoms with Crippen molar-refractivity contribution in [2.45, 2.75) is 6.61 Å². The maximum Gasteiger partial charge on any atom is 0.266 e. The van der Waals surface area contributed by atoms with Gasteiger partial charge in [0.1, 0.15) is 24.0 Å². The van der Waals surface area contributed by atoms with Crippen molar-refractivity contribution in [1.29, 1.82) is 5.26 Å². The second kappa shape index (κ2) is 9.72. The van der Waals surface area contributed by atoms with E-state index in [-0.39, 0.29) is 5.57 Å². The molecule has 0 heterocycles. The summed E-state index contributed by atoms with van der Waals surface area (Å²) in [5, 5.41) is 12.1. The average molecular weight is 480 g/mol. The van der Waals surface area contributed by atoms with Gasteiger partial charge in [0.25, 0.3) is 5.91 Å². The van der Waals surface area contributed by atoms with Crippen LogP contribution >= 0.6 is 22.6 Å². The number of anilines is 1. The molecule has 0 spiro atoms. The Morgan fingerprint density at radius 3 is 2.36 bits per heavy atom. The first-order valence-electron chi connectivity index (χ1n) is 8.60. The molecule has 3 aromatic carbocycles. The van der Waals surface area contributed by atoms with E-state index in [0.29, 0.717) is 12.3 Å². The molecule has 0 aliphatic carbocycles. The first kappa shape index (κ1) is 19.6. The van der Waals surface area contributed by atoms with E-state index in [4.69, 9.17) is 4.74 Å². The van der Waals surface area contributed by atoms with Crippen LogP contribution in [0.5, 0.6) is 5.75 Å². The van der Waals surface area contributed by atoms with Crippen molar-refractivity contribution < 1.29 is 9.53 Å². The minimum Gasteiger partial charge on any atom is -0.489 e. The third-order valence-corrected chi connectivity index (χ3v) is 4.87. The molecule has 0 aliphatic rings. The van der Waals surface area contributed by atoms with Crippen molar-refractivity contribution >= 4 is 40.3 Å². The lowest BCUT2D eigenvalue weighted by molar-refractivity contribution is -0.112. The molecule has 28 heavy (non-hydrogen) atoms. The first-order valence-corrected chi connectivity index (χ1v) is 9.68. The van der Waals surface area contributed by atoms with Crippen LogP contribution < -0.4 is 10.1 Å². The monoisotopic (exact) mass is 480 g/mol. The van der Waals surface area contributed by atoms with Gasteiger partial charge in [0.05, 0.1) is 5.69 Å². The van der Waals surface area contributed by atoms with E-state index in [2.05, 4.69) is 27.9 Å². The van der Waals surface area contributed by atoms with Gasteiger partial charge in [0.15, 0.2) is 0 Å². The third kappa shape index (κ3) is 5.44. The summed E-state index contributed by atoms with van der Waals surface area (Å²) in [4.78, 5) is 12.4. The highest BCUT2D eigenvalue weighted by Gasteiger charge is 2.11. The highest BCUT2D eigenvalue weighted by Crippen LogP contribution is 2.19. The molecule has 0 unspecified atom stereocenters. The number of carbonyl (C=O) groups is 1. The molecule has 0 bridgehead atoms. The van der Waals surface area contributed by atoms with Crippen LogP contribution in [0.1, 0.15) is 11.1 Å². The quantitative estimate of drug-likeness (QED) is 0.291. The topological polar surface area (TPSA) is 62.1 Å². The molecule has 0 radical (unpaired) electrons. The lowest BCUT2D eigenvalue weighted by Gasteiger charge is -2.07. The third-order valence-electron chi connectivity index (χ3n) is 3.93. The number of rotatable bonds is 6. The highest BCUT2D eigenvalue weighted by molar-refractivity contribution is 14.1. The van der Waals surface area contributed by atoms with Gasteiger partial charge in [-0.25, -0.2) is 0 Å². The predicted molar refractivity (Wildman–Crippen MR) is 119 cm³/mol. The maximum atomic E-state index is 12.4. The van der Waals surface area contributed by atoms with E-state index in [0.717, 1.165) is 20.4 Å². The number of halogens is 1. The Labute approximate surface area is 177 Å². The molecule has 0 saturated carbocycles. The standard InChI is InChI=1S/C23H17IN2O2/c24-21-8-4-5-9-22(21)26-23(27)19(15-25)14-17-10-12-20(13-11-17)28-16-18-6-2-1-3-7-18/h1-14H,16H2,(H,26,27). The number of nitriles is 1. The van der Waals surface area contributed by atoms with E-state index >= 15 is 0 Å². The molecular formula is C23H17IN2O2. The fourth-order valence-corrected chi connectivity index (χ4v) is 2.99. The van der Waals surface area contributed by atoms with Gasteiger partial charge in [-0.2, -0.15) is 5.26 Å². The Morgan fingerprint density at radius 1 is 1.00 bits per heavy atom. The zero-order valence-corrected chi connectivity index (χ0v) is 17.1. The Morgan fingerprint density at radius 2 is 1.68 bits per heavy atom. The Hall–Kier alpha value is -3.11. The second-order valence-electron chi connectivity index (χ2n) is 5.95. The van der Waals surface area contributed by atoms with Crippen molar-refractivity contribution in [2.75, 3.05) is 5.32 Å². The van der Waals surface area contributed by atoms with Crippen molar-refractivity contribution in [3.05, 3.63) is 99.1 Å². The number of ether oxygens (including phenoxy) is 1. The van der Waals surface area contributed by atoms with Crippen LogP contribution in [0.25, 0.3) is 6.08 Å². The van der Waals surface area contributed by atoms with Crippen LogP contribution in [0.3, 0.4) is 0 Å². The number of carbonyl (C=O) groups excluding carboxylic acids is 1. The van der Waals surface area contributed by atoms with Crippen LogP contribution in [0.15, 0.2) is 84.4 Å². The number of nitrogens with one attached hydrogen (secondary N) is 1. The van der Waals surface area contributed by atoms with Crippen molar-refractivity contribution in [1.82, 2.24) is 0 Å². The summed E-state index contributed by atoms with van der Waals surface area (Å²) in [6, 6.07) is 26.6. The molecule has 0 aromatic heterocycles. The number of hydrogen-bond acceptors (Lipinski definition) is 3. The van der Waals surface area contributed by atoms with Gasteiger partial charge in [0.2, 0.25) is 0 Å². The van der Waals surface area contributed by atoms with E-state index in [1.54, 1.807) is 12.1 Å². The van der Waals surface area contributed by atoms with E-state index in [9.17, 15) is 10.1 Å². The zero-order valence-electron chi connectivity index (χ0n) is 14.9. The zero-order chi connectivity index (χ0) is 19.8. The molecule has 1 N–H and O–H groups in total. The molecule has 1 amide bonds. The molecule has 0 fully saturated rings. The summed E-state index contributed by atoms with van der Waals surface area (Å²) < 4.78 is 6.66. The molecule has 3 aromatic rings. The van der Waals surface area contributed by atoms with Gasteiger partial charge < -0.3 is 10.1 Å². The van der Waals surface area contributed by atoms with Gasteiger partial charge in [-0.05, 0) is 64.1 Å². The van der Waals surface area contributed by atoms with Gasteiger partial charge in [0, 0.05) is 3.57 Å². The summed E-state index contributed by atoms with van der Waals surface area (Å²) >= 11 is 2.14. The smallest absolute Gasteiger partial charge is 0.266 e. The van der Waals surface area contributed by atoms with Gasteiger partial charge in [-0.1, -0.05) is 54.6 Å². The first-order chi connectivity index (χ1) is 13.7. The Balaban J connectivity index is 1.66. The fourth-order valence-electron chi connectivity index (χ4n) is 2.47. The lowest BCUT2D eigenvalue weighted by atomic mass is 10.1. The number of para-hydroxylation sites is 1. The minimum absolute atomic E-state index is 0.0395. The maximum absolute atomic E-state index is 12.4. The molecule has 5 heteroatoms. The van der Waals surface area contributed by atoms with Crippen LogP contribution in [0.2, 0.25) is 0 Å². The minimum atomic E-state index is -0.434. The number of hydrogen-bond donors (Lipinski definition) is 1. The lowest BCUT2D eigenvalue weighted by Crippen LogP contribution is -2.14. The van der Waals surface area contributed by atoms with Crippen LogP contribution in [0, 0.1) is 14.9 Å². The van der Waals surface area contributed by atoms with Crippen LogP contribution in [-0.4, -0.2) is 5.91 Å². The normalized spacial score (nSPS) is 10.8. The molecule has 0 aliphatic heterocycles. The average Bonchev–Trinajstić information content (AvgIpc) is 2.73. The summed E-state index contributed by atoms with van der Waals surface area (Å²) in [5.74, 6) is 0.291. The summed E-state index contributed by atoms with van der Waals surface area (Å²) in [6.07, 6.45) is 1.56. The summed E-state index contributed by atoms with van der Waals surface area (Å²) in [5.41, 5.74) is 2.56.